The first-order valence-corrected chi connectivity index (χ1v) is 13.6. The molecule has 2 aromatic heterocycles. The highest BCUT2D eigenvalue weighted by molar-refractivity contribution is 7.86. The zero-order chi connectivity index (χ0) is 27.8. The Bertz CT molecular complexity index is 1540. The Kier molecular flexibility index (Phi) is 9.59. The molecule has 37 heavy (non-hydrogen) atoms. The van der Waals surface area contributed by atoms with Gasteiger partial charge in [-0.25, -0.2) is 9.55 Å². The summed E-state index contributed by atoms with van der Waals surface area (Å²) in [5.74, 6) is -1.11. The van der Waals surface area contributed by atoms with Crippen LogP contribution in [0.15, 0.2) is 10.2 Å². The molecule has 16 nitrogen and oxygen atoms in total. The van der Waals surface area contributed by atoms with Crippen molar-refractivity contribution in [2.75, 3.05) is 35.2 Å². The molecule has 0 aliphatic rings. The Balaban J connectivity index is 2.47. The summed E-state index contributed by atoms with van der Waals surface area (Å²) in [7, 11) is -6.88. The van der Waals surface area contributed by atoms with Crippen LogP contribution >= 0.6 is 0 Å². The number of nitriles is 1. The molecule has 0 fully saturated rings. The molecule has 2 rings (SSSR count). The van der Waals surface area contributed by atoms with Crippen LogP contribution in [0.3, 0.4) is 0 Å². The van der Waals surface area contributed by atoms with E-state index in [9.17, 15) is 22.1 Å². The number of nitrogens with zero attached hydrogens (tertiary/aromatic N) is 8. The maximum absolute atomic E-state index is 11.0. The summed E-state index contributed by atoms with van der Waals surface area (Å²) in [5, 5.41) is 23.5. The van der Waals surface area contributed by atoms with Crippen molar-refractivity contribution in [3.63, 3.8) is 0 Å². The molecule has 0 aliphatic heterocycles. The highest BCUT2D eigenvalue weighted by atomic mass is 32.2. The predicted octanol–water partition coefficient (Wildman–Crippen LogP) is 2.89. The minimum atomic E-state index is -4.19. The molecule has 18 heteroatoms. The van der Waals surface area contributed by atoms with Crippen LogP contribution in [0.5, 0.6) is 0 Å². The van der Waals surface area contributed by atoms with E-state index in [0.29, 0.717) is 5.56 Å². The van der Waals surface area contributed by atoms with Crippen molar-refractivity contribution in [1.82, 2.24) is 14.5 Å². The van der Waals surface area contributed by atoms with E-state index in [1.165, 1.54) is 11.6 Å². The lowest BCUT2D eigenvalue weighted by atomic mass is 10.1. The fourth-order valence-corrected chi connectivity index (χ4v) is 3.99. The molecule has 0 spiro atoms. The van der Waals surface area contributed by atoms with Gasteiger partial charge in [0.05, 0.1) is 24.1 Å². The summed E-state index contributed by atoms with van der Waals surface area (Å²) in [6.45, 7) is 16.0. The van der Waals surface area contributed by atoms with Crippen LogP contribution in [-0.4, -0.2) is 65.1 Å². The number of azo groups is 1. The normalized spacial score (nSPS) is 11.6. The molecule has 0 bridgehead atoms. The van der Waals surface area contributed by atoms with Gasteiger partial charge in [0.2, 0.25) is 0 Å². The van der Waals surface area contributed by atoms with Crippen LogP contribution in [0.4, 0.5) is 34.9 Å². The Morgan fingerprint density at radius 3 is 2.03 bits per heavy atom. The van der Waals surface area contributed by atoms with Crippen molar-refractivity contribution in [3.05, 3.63) is 34.0 Å². The van der Waals surface area contributed by atoms with Crippen molar-refractivity contribution < 1.29 is 25.9 Å². The third kappa shape index (κ3) is 8.19. The summed E-state index contributed by atoms with van der Waals surface area (Å²) in [5.41, 5.74) is 0.456. The monoisotopic (exact) mass is 550 g/mol. The van der Waals surface area contributed by atoms with Crippen molar-refractivity contribution in [3.8, 4) is 6.07 Å². The lowest BCUT2D eigenvalue weighted by Gasteiger charge is -2.15. The van der Waals surface area contributed by atoms with E-state index in [1.807, 2.05) is 6.07 Å². The summed E-state index contributed by atoms with van der Waals surface area (Å²) in [6.07, 6.45) is 0.0320. The lowest BCUT2D eigenvalue weighted by Crippen LogP contribution is -2.14. The van der Waals surface area contributed by atoms with E-state index in [2.05, 4.69) is 40.5 Å². The number of anilines is 2. The predicted molar refractivity (Wildman–Crippen MR) is 133 cm³/mol. The second-order valence-electron chi connectivity index (χ2n) is 7.44. The molecule has 2 heterocycles. The first-order chi connectivity index (χ1) is 17.3. The van der Waals surface area contributed by atoms with Crippen LogP contribution < -0.4 is 10.6 Å². The van der Waals surface area contributed by atoms with Crippen LogP contribution in [0.25, 0.3) is 9.69 Å². The number of hydrogen-bond acceptors (Lipinski definition) is 11. The molecular weight excluding hydrogens is 528 g/mol. The van der Waals surface area contributed by atoms with E-state index >= 15 is 0 Å². The van der Waals surface area contributed by atoms with Gasteiger partial charge < -0.3 is 20.3 Å². The topological polar surface area (TPSA) is 221 Å². The third-order valence-electron chi connectivity index (χ3n) is 4.74. The van der Waals surface area contributed by atoms with Gasteiger partial charge in [0, 0.05) is 18.7 Å². The van der Waals surface area contributed by atoms with Crippen molar-refractivity contribution in [1.29, 1.82) is 5.26 Å². The molecule has 4 N–H and O–H groups in total. The SMILES string of the molecule is [C-]#[N+]c1nc(N=Nc2c(NCCCS(=O)(=O)O)nc(NCCCS(=O)(=O)O)c(C#N)c2C)n(C)c1[N+]#[C-]. The van der Waals surface area contributed by atoms with Gasteiger partial charge in [0.1, 0.15) is 17.6 Å². The fraction of sp³-hybridized carbons (Fsp3) is 0.421. The Labute approximate surface area is 213 Å². The Morgan fingerprint density at radius 1 is 1.00 bits per heavy atom. The molecule has 2 aromatic rings. The van der Waals surface area contributed by atoms with Gasteiger partial charge in [-0.2, -0.15) is 22.1 Å². The van der Waals surface area contributed by atoms with Crippen molar-refractivity contribution >= 4 is 55.1 Å². The zero-order valence-electron chi connectivity index (χ0n) is 19.7. The average molecular weight is 551 g/mol. The minimum absolute atomic E-state index is 0.00929. The van der Waals surface area contributed by atoms with Gasteiger partial charge in [0.25, 0.3) is 31.9 Å². The number of rotatable bonds is 12. The third-order valence-corrected chi connectivity index (χ3v) is 6.35. The minimum Gasteiger partial charge on any atom is -0.373 e. The molecular formula is C19H22N10O6S2. The van der Waals surface area contributed by atoms with E-state index in [0.717, 1.165) is 0 Å². The van der Waals surface area contributed by atoms with Crippen LogP contribution in [0.1, 0.15) is 24.0 Å². The first-order valence-electron chi connectivity index (χ1n) is 10.4. The number of pyridine rings is 1. The Hall–Kier alpha value is -4.15. The quantitative estimate of drug-likeness (QED) is 0.130. The fourth-order valence-electron chi connectivity index (χ4n) is 2.98. The molecule has 0 radical (unpaired) electrons. The maximum atomic E-state index is 11.0. The van der Waals surface area contributed by atoms with Gasteiger partial charge in [-0.05, 0) is 19.8 Å². The summed E-state index contributed by atoms with van der Waals surface area (Å²) in [6, 6.07) is 1.98. The van der Waals surface area contributed by atoms with Gasteiger partial charge in [-0.15, -0.1) is 5.11 Å². The standard InChI is InChI=1S/C19H22N10O6S2/c1-12-13(11-20)15(23-7-5-9-36(30,31)32)25-16(24-8-6-10-37(33,34)35)14(12)27-28-19-26-17(21-2)18(22-3)29(19)4/h5-10H2,1,4H3,(H2,23,24,25)(H,30,31,32)(H,33,34,35). The van der Waals surface area contributed by atoms with E-state index in [-0.39, 0.29) is 66.4 Å². The highest BCUT2D eigenvalue weighted by Gasteiger charge is 2.21. The molecule has 196 valence electrons. The van der Waals surface area contributed by atoms with Gasteiger partial charge in [-0.1, -0.05) is 23.2 Å². The zero-order valence-corrected chi connectivity index (χ0v) is 21.3. The van der Waals surface area contributed by atoms with E-state index in [1.54, 1.807) is 6.92 Å². The molecule has 0 saturated heterocycles. The van der Waals surface area contributed by atoms with E-state index < -0.39 is 31.7 Å². The molecule has 0 amide bonds. The highest BCUT2D eigenvalue weighted by Crippen LogP contribution is 2.36. The van der Waals surface area contributed by atoms with Crippen molar-refractivity contribution in [2.45, 2.75) is 19.8 Å². The Morgan fingerprint density at radius 2 is 1.57 bits per heavy atom. The maximum Gasteiger partial charge on any atom is 0.416 e. The molecule has 0 aliphatic carbocycles. The summed E-state index contributed by atoms with van der Waals surface area (Å²) in [4.78, 5) is 14.7. The van der Waals surface area contributed by atoms with Crippen LogP contribution in [0, 0.1) is 31.4 Å². The molecule has 0 saturated carbocycles. The van der Waals surface area contributed by atoms with Crippen LogP contribution in [-0.2, 0) is 27.3 Å². The molecule has 0 aromatic carbocycles. The largest absolute Gasteiger partial charge is 0.416 e. The molecule has 0 unspecified atom stereocenters. The number of aromatic nitrogens is 3. The number of nitrogens with one attached hydrogen (secondary N) is 2. The van der Waals surface area contributed by atoms with Gasteiger partial charge in [-0.3, -0.25) is 9.11 Å². The van der Waals surface area contributed by atoms with Gasteiger partial charge in [0.15, 0.2) is 5.82 Å². The van der Waals surface area contributed by atoms with Crippen molar-refractivity contribution in [2.24, 2.45) is 17.3 Å². The summed E-state index contributed by atoms with van der Waals surface area (Å²) < 4.78 is 63.0. The molecule has 0 atom stereocenters. The average Bonchev–Trinajstić information content (AvgIpc) is 3.12. The second kappa shape index (κ2) is 12.2. The van der Waals surface area contributed by atoms with Crippen LogP contribution in [0.2, 0.25) is 0 Å². The smallest absolute Gasteiger partial charge is 0.373 e. The van der Waals surface area contributed by atoms with E-state index in [4.69, 9.17) is 22.2 Å². The first kappa shape index (κ1) is 29.1. The number of imidazole rings is 1. The van der Waals surface area contributed by atoms with Gasteiger partial charge >= 0.3 is 5.95 Å². The second-order valence-corrected chi connectivity index (χ2v) is 10.6. The number of hydrogen-bond donors (Lipinski definition) is 4. The summed E-state index contributed by atoms with van der Waals surface area (Å²) >= 11 is 0. The lowest BCUT2D eigenvalue weighted by molar-refractivity contribution is 0.479.